The van der Waals surface area contributed by atoms with Gasteiger partial charge in [-0.1, -0.05) is 71.6 Å². The molecular formula is C32H22Fe. The zero-order valence-electron chi connectivity index (χ0n) is 18.1. The Balaban J connectivity index is 0.000000340. The summed E-state index contributed by atoms with van der Waals surface area (Å²) in [7, 11) is 0. The molecule has 0 N–H and O–H groups in total. The molecule has 0 saturated heterocycles. The normalized spacial score (nSPS) is 10.8. The zero-order valence-corrected chi connectivity index (χ0v) is 19.2. The third-order valence-corrected chi connectivity index (χ3v) is 6.23. The van der Waals surface area contributed by atoms with Gasteiger partial charge in [0.05, 0.1) is 0 Å². The third-order valence-electron chi connectivity index (χ3n) is 6.23. The maximum Gasteiger partial charge on any atom is 2.00 e. The first-order chi connectivity index (χ1) is 15.9. The first-order valence-electron chi connectivity index (χ1n) is 11.0. The zero-order chi connectivity index (χ0) is 21.3. The summed E-state index contributed by atoms with van der Waals surface area (Å²) in [6.45, 7) is 0. The van der Waals surface area contributed by atoms with Gasteiger partial charge in [0.25, 0.3) is 0 Å². The van der Waals surface area contributed by atoms with Gasteiger partial charge in [-0.05, 0) is 55.9 Å². The quantitative estimate of drug-likeness (QED) is 0.0988. The molecule has 33 heavy (non-hydrogen) atoms. The molecule has 7 aromatic rings. The Bertz CT molecular complexity index is 1640. The van der Waals surface area contributed by atoms with Crippen LogP contribution in [0.1, 0.15) is 0 Å². The average molecular weight is 462 g/mol. The monoisotopic (exact) mass is 462 g/mol. The predicted molar refractivity (Wildman–Crippen MR) is 140 cm³/mol. The molecule has 0 aliphatic carbocycles. The molecule has 0 radical (unpaired) electrons. The van der Waals surface area contributed by atoms with E-state index in [1.54, 1.807) is 0 Å². The number of fused-ring (bicyclic) bond motifs is 5. The van der Waals surface area contributed by atoms with Crippen LogP contribution in [0.2, 0.25) is 0 Å². The maximum atomic E-state index is 2.38. The molecule has 0 unspecified atom stereocenters. The Hall–Kier alpha value is -3.64. The predicted octanol–water partition coefficient (Wildman–Crippen LogP) is 9.09. The second-order valence-corrected chi connectivity index (χ2v) is 8.22. The van der Waals surface area contributed by atoms with Gasteiger partial charge in [0.2, 0.25) is 0 Å². The number of benzene rings is 5. The van der Waals surface area contributed by atoms with Crippen molar-refractivity contribution in [1.29, 1.82) is 0 Å². The van der Waals surface area contributed by atoms with E-state index in [0.717, 1.165) is 0 Å². The summed E-state index contributed by atoms with van der Waals surface area (Å²) in [6, 6.07) is 47.6. The number of rotatable bonds is 1. The van der Waals surface area contributed by atoms with Crippen molar-refractivity contribution >= 4 is 43.1 Å². The summed E-state index contributed by atoms with van der Waals surface area (Å²) in [5.41, 5.74) is 2.59. The summed E-state index contributed by atoms with van der Waals surface area (Å²) in [4.78, 5) is 0. The molecule has 0 aliphatic rings. The third kappa shape index (κ3) is 3.98. The van der Waals surface area contributed by atoms with Crippen molar-refractivity contribution in [3.8, 4) is 11.1 Å². The van der Waals surface area contributed by atoms with Crippen molar-refractivity contribution in [1.82, 2.24) is 0 Å². The van der Waals surface area contributed by atoms with Gasteiger partial charge in [-0.2, -0.15) is 36.4 Å². The maximum absolute atomic E-state index is 2.38. The summed E-state index contributed by atoms with van der Waals surface area (Å²) in [5.74, 6) is 0. The van der Waals surface area contributed by atoms with Crippen LogP contribution in [0.25, 0.3) is 54.2 Å². The number of hydrogen-bond donors (Lipinski definition) is 0. The minimum absolute atomic E-state index is 0. The Labute approximate surface area is 204 Å². The van der Waals surface area contributed by atoms with Gasteiger partial charge in [-0.25, -0.2) is 12.1 Å². The molecule has 0 atom stereocenters. The van der Waals surface area contributed by atoms with Crippen LogP contribution in [0.5, 0.6) is 0 Å². The molecule has 0 spiro atoms. The van der Waals surface area contributed by atoms with Gasteiger partial charge in [-0.15, -0.1) is 11.6 Å². The van der Waals surface area contributed by atoms with Crippen molar-refractivity contribution in [3.05, 3.63) is 133 Å². The molecule has 7 aromatic carbocycles. The second-order valence-electron chi connectivity index (χ2n) is 8.22. The van der Waals surface area contributed by atoms with Crippen LogP contribution in [0.3, 0.4) is 0 Å². The molecule has 0 aliphatic heterocycles. The van der Waals surface area contributed by atoms with Gasteiger partial charge in [0.15, 0.2) is 0 Å². The van der Waals surface area contributed by atoms with E-state index < -0.39 is 0 Å². The van der Waals surface area contributed by atoms with Crippen molar-refractivity contribution in [2.24, 2.45) is 0 Å². The summed E-state index contributed by atoms with van der Waals surface area (Å²) < 4.78 is 0. The van der Waals surface area contributed by atoms with Gasteiger partial charge in [0.1, 0.15) is 0 Å². The first-order valence-corrected chi connectivity index (χ1v) is 11.0. The Morgan fingerprint density at radius 1 is 0.424 bits per heavy atom. The SMILES string of the molecule is [Fe+2].c1c[cH-]c(-c2cccc3cc4ccc5cc6ccccc6cc5c4cc23)c1.c1cc[cH-]c1. The van der Waals surface area contributed by atoms with E-state index >= 15 is 0 Å². The Kier molecular flexibility index (Phi) is 5.84. The van der Waals surface area contributed by atoms with Crippen molar-refractivity contribution < 1.29 is 17.1 Å². The summed E-state index contributed by atoms with van der Waals surface area (Å²) in [6.07, 6.45) is 0. The fourth-order valence-electron chi connectivity index (χ4n) is 4.65. The van der Waals surface area contributed by atoms with Crippen molar-refractivity contribution in [2.75, 3.05) is 0 Å². The van der Waals surface area contributed by atoms with Gasteiger partial charge < -0.3 is 0 Å². The second kappa shape index (κ2) is 9.08. The number of hydrogen-bond acceptors (Lipinski definition) is 0. The average Bonchev–Trinajstić information content (AvgIpc) is 3.58. The molecule has 0 bridgehead atoms. The first kappa shape index (κ1) is 21.2. The Morgan fingerprint density at radius 2 is 1.06 bits per heavy atom. The molecule has 0 nitrogen and oxygen atoms in total. The molecule has 158 valence electrons. The summed E-state index contributed by atoms with van der Waals surface area (Å²) >= 11 is 0. The van der Waals surface area contributed by atoms with Gasteiger partial charge in [-0.3, -0.25) is 0 Å². The van der Waals surface area contributed by atoms with Crippen molar-refractivity contribution in [3.63, 3.8) is 0 Å². The van der Waals surface area contributed by atoms with E-state index in [1.165, 1.54) is 54.2 Å². The van der Waals surface area contributed by atoms with Crippen molar-refractivity contribution in [2.45, 2.75) is 0 Å². The topological polar surface area (TPSA) is 0 Å². The van der Waals surface area contributed by atoms with Crippen LogP contribution < -0.4 is 0 Å². The fraction of sp³-hybridized carbons (Fsp3) is 0. The smallest absolute Gasteiger partial charge is 0.214 e. The van der Waals surface area contributed by atoms with E-state index in [9.17, 15) is 0 Å². The van der Waals surface area contributed by atoms with Gasteiger partial charge in [0, 0.05) is 0 Å². The van der Waals surface area contributed by atoms with E-state index in [-0.39, 0.29) is 17.1 Å². The van der Waals surface area contributed by atoms with E-state index in [2.05, 4.69) is 103 Å². The van der Waals surface area contributed by atoms with Crippen LogP contribution in [-0.4, -0.2) is 0 Å². The van der Waals surface area contributed by atoms with Crippen LogP contribution in [-0.2, 0) is 17.1 Å². The van der Waals surface area contributed by atoms with Crippen LogP contribution >= 0.6 is 0 Å². The molecular weight excluding hydrogens is 440 g/mol. The minimum Gasteiger partial charge on any atom is -0.214 e. The van der Waals surface area contributed by atoms with Gasteiger partial charge >= 0.3 is 17.1 Å². The van der Waals surface area contributed by atoms with E-state index in [0.29, 0.717) is 0 Å². The molecule has 1 heteroatoms. The van der Waals surface area contributed by atoms with Crippen LogP contribution in [0, 0.1) is 0 Å². The molecule has 7 rings (SSSR count). The molecule has 0 amide bonds. The molecule has 0 fully saturated rings. The standard InChI is InChI=1S/C27H17.C5H5.Fe/c1-2-7-18(6-1)24-11-5-10-21-15-23-13-12-22-14-19-8-3-4-9-20(19)16-25(22)27(23)17-26(21)24;1-2-4-5-3-1;/h1-17H;1-5H;/q2*-1;+2. The molecule has 0 heterocycles. The van der Waals surface area contributed by atoms with Crippen LogP contribution in [0.15, 0.2) is 133 Å². The molecule has 0 saturated carbocycles. The Morgan fingerprint density at radius 3 is 1.73 bits per heavy atom. The molecule has 0 aromatic heterocycles. The largest absolute Gasteiger partial charge is 2.00 e. The summed E-state index contributed by atoms with van der Waals surface area (Å²) in [5, 5.41) is 10.4. The van der Waals surface area contributed by atoms with E-state index in [1.807, 2.05) is 30.3 Å². The van der Waals surface area contributed by atoms with E-state index in [4.69, 9.17) is 0 Å². The minimum atomic E-state index is 0. The fourth-order valence-corrected chi connectivity index (χ4v) is 4.65. The van der Waals surface area contributed by atoms with Crippen LogP contribution in [0.4, 0.5) is 0 Å².